The fraction of sp³-hybridized carbons (Fsp3) is 0.682. The van der Waals surface area contributed by atoms with E-state index < -0.39 is 6.10 Å². The van der Waals surface area contributed by atoms with Crippen LogP contribution in [0.2, 0.25) is 0 Å². The number of nitrogens with zero attached hydrogens (tertiary/aromatic N) is 1. The van der Waals surface area contributed by atoms with Crippen LogP contribution in [0.4, 0.5) is 0 Å². The van der Waals surface area contributed by atoms with Crippen LogP contribution in [0.1, 0.15) is 41.6 Å². The zero-order valence-electron chi connectivity index (χ0n) is 17.2. The minimum atomic E-state index is -0.445. The number of ether oxygens (including phenoxy) is 3. The summed E-state index contributed by atoms with van der Waals surface area (Å²) >= 11 is 0. The van der Waals surface area contributed by atoms with Gasteiger partial charge in [0.15, 0.2) is 11.5 Å². The molecule has 7 nitrogen and oxygen atoms in total. The number of aliphatic hydroxyl groups excluding tert-OH is 1. The molecule has 2 saturated heterocycles. The summed E-state index contributed by atoms with van der Waals surface area (Å²) in [5.74, 6) is 1.04. The van der Waals surface area contributed by atoms with Gasteiger partial charge in [-0.05, 0) is 50.4 Å². The lowest BCUT2D eigenvalue weighted by molar-refractivity contribution is -0.00191. The lowest BCUT2D eigenvalue weighted by Gasteiger charge is -2.37. The molecule has 160 valence electrons. The van der Waals surface area contributed by atoms with E-state index in [0.29, 0.717) is 49.5 Å². The van der Waals surface area contributed by atoms with Gasteiger partial charge in [-0.15, -0.1) is 0 Å². The summed E-state index contributed by atoms with van der Waals surface area (Å²) in [4.78, 5) is 15.2. The van der Waals surface area contributed by atoms with E-state index in [1.54, 1.807) is 0 Å². The molecule has 1 amide bonds. The Kier molecular flexibility index (Phi) is 6.57. The fourth-order valence-electron chi connectivity index (χ4n) is 4.42. The molecule has 3 atom stereocenters. The summed E-state index contributed by atoms with van der Waals surface area (Å²) < 4.78 is 17.2. The molecule has 0 bridgehead atoms. The molecule has 29 heavy (non-hydrogen) atoms. The molecule has 2 unspecified atom stereocenters. The number of β-amino-alcohol motifs (C(OH)–C–C–N with tert-alkyl or cyclic N) is 1. The van der Waals surface area contributed by atoms with E-state index in [-0.39, 0.29) is 11.8 Å². The molecule has 1 aromatic rings. The molecule has 0 saturated carbocycles. The number of piperidine rings is 1. The maximum Gasteiger partial charge on any atom is 0.255 e. The number of likely N-dealkylation sites (tertiary alicyclic amines) is 1. The first-order valence-corrected chi connectivity index (χ1v) is 10.8. The highest BCUT2D eigenvalue weighted by Gasteiger charge is 2.30. The molecule has 0 aromatic heterocycles. The zero-order valence-corrected chi connectivity index (χ0v) is 17.2. The minimum Gasteiger partial charge on any atom is -0.490 e. The van der Waals surface area contributed by atoms with Crippen LogP contribution in [0.5, 0.6) is 11.5 Å². The summed E-state index contributed by atoms with van der Waals surface area (Å²) in [5.41, 5.74) is 1.47. The molecular formula is C22H32N2O5. The summed E-state index contributed by atoms with van der Waals surface area (Å²) in [6, 6.07) is 3.74. The first-order valence-electron chi connectivity index (χ1n) is 10.8. The topological polar surface area (TPSA) is 80.3 Å². The highest BCUT2D eigenvalue weighted by Crippen LogP contribution is 2.34. The maximum absolute atomic E-state index is 12.9. The number of amides is 1. The lowest BCUT2D eigenvalue weighted by atomic mass is 9.93. The first kappa shape index (κ1) is 20.4. The van der Waals surface area contributed by atoms with Gasteiger partial charge in [-0.3, -0.25) is 9.69 Å². The third kappa shape index (κ3) is 5.02. The Hall–Kier alpha value is -1.83. The van der Waals surface area contributed by atoms with Crippen LogP contribution in [0.25, 0.3) is 0 Å². The number of hydrogen-bond donors (Lipinski definition) is 2. The first-order chi connectivity index (χ1) is 14.1. The molecule has 3 aliphatic rings. The number of carbonyl (C=O) groups is 1. The van der Waals surface area contributed by atoms with Crippen LogP contribution in [-0.2, 0) is 4.74 Å². The second-order valence-electron chi connectivity index (χ2n) is 8.41. The van der Waals surface area contributed by atoms with Gasteiger partial charge in [-0.2, -0.15) is 0 Å². The van der Waals surface area contributed by atoms with E-state index in [0.717, 1.165) is 50.9 Å². The van der Waals surface area contributed by atoms with Crippen molar-refractivity contribution in [2.24, 2.45) is 5.92 Å². The lowest BCUT2D eigenvalue weighted by Crippen LogP contribution is -2.49. The van der Waals surface area contributed by atoms with E-state index in [1.165, 1.54) is 0 Å². The maximum atomic E-state index is 12.9. The molecule has 0 spiro atoms. The van der Waals surface area contributed by atoms with Gasteiger partial charge in [-0.25, -0.2) is 0 Å². The third-order valence-corrected chi connectivity index (χ3v) is 6.05. The SMILES string of the molecule is Cc1cc2c(c(C(=O)NC[C@@H]3CCN(CC4CCCO4)CC3O)c1)OCCCO2. The molecule has 7 heteroatoms. The number of nitrogens with one attached hydrogen (secondary N) is 1. The Morgan fingerprint density at radius 2 is 2.07 bits per heavy atom. The molecule has 2 N–H and O–H groups in total. The van der Waals surface area contributed by atoms with Gasteiger partial charge in [0.2, 0.25) is 0 Å². The van der Waals surface area contributed by atoms with Crippen LogP contribution in [-0.4, -0.2) is 74.1 Å². The quantitative estimate of drug-likeness (QED) is 0.778. The van der Waals surface area contributed by atoms with Gasteiger partial charge in [-0.1, -0.05) is 0 Å². The number of fused-ring (bicyclic) bond motifs is 1. The summed E-state index contributed by atoms with van der Waals surface area (Å²) in [6.07, 6.45) is 3.76. The van der Waals surface area contributed by atoms with Crippen LogP contribution in [0.15, 0.2) is 12.1 Å². The summed E-state index contributed by atoms with van der Waals surface area (Å²) in [5, 5.41) is 13.6. The molecule has 3 heterocycles. The van der Waals surface area contributed by atoms with Gasteiger partial charge >= 0.3 is 0 Å². The van der Waals surface area contributed by atoms with Crippen LogP contribution < -0.4 is 14.8 Å². The number of aryl methyl sites for hydroxylation is 1. The Morgan fingerprint density at radius 3 is 2.86 bits per heavy atom. The number of rotatable bonds is 5. The summed E-state index contributed by atoms with van der Waals surface area (Å²) in [7, 11) is 0. The van der Waals surface area contributed by atoms with E-state index in [1.807, 2.05) is 19.1 Å². The van der Waals surface area contributed by atoms with E-state index >= 15 is 0 Å². The minimum absolute atomic E-state index is 0.0558. The van der Waals surface area contributed by atoms with E-state index in [4.69, 9.17) is 14.2 Å². The standard InChI is InChI=1S/C22H32N2O5/c1-15-10-18(21-20(11-15)28-8-3-9-29-21)22(26)23-12-16-5-6-24(14-19(16)25)13-17-4-2-7-27-17/h10-11,16-17,19,25H,2-9,12-14H2,1H3,(H,23,26)/t16-,17?,19?/m0/s1. The molecule has 4 rings (SSSR count). The molecule has 2 fully saturated rings. The normalized spacial score (nSPS) is 27.4. The highest BCUT2D eigenvalue weighted by atomic mass is 16.5. The Balaban J connectivity index is 1.32. The number of hydrogen-bond acceptors (Lipinski definition) is 6. The van der Waals surface area contributed by atoms with Gasteiger partial charge in [0, 0.05) is 38.6 Å². The van der Waals surface area contributed by atoms with Crippen molar-refractivity contribution in [2.45, 2.75) is 44.8 Å². The van der Waals surface area contributed by atoms with Gasteiger partial charge in [0.1, 0.15) is 0 Å². The second kappa shape index (κ2) is 9.32. The van der Waals surface area contributed by atoms with Crippen LogP contribution in [0.3, 0.4) is 0 Å². The Morgan fingerprint density at radius 1 is 1.21 bits per heavy atom. The van der Waals surface area contributed by atoms with Crippen molar-refractivity contribution in [3.05, 3.63) is 23.3 Å². The van der Waals surface area contributed by atoms with Crippen molar-refractivity contribution in [2.75, 3.05) is 46.0 Å². The smallest absolute Gasteiger partial charge is 0.255 e. The number of carbonyl (C=O) groups excluding carboxylic acids is 1. The van der Waals surface area contributed by atoms with Crippen molar-refractivity contribution < 1.29 is 24.1 Å². The predicted octanol–water partition coefficient (Wildman–Crippen LogP) is 1.75. The highest BCUT2D eigenvalue weighted by molar-refractivity contribution is 5.98. The molecule has 1 aromatic carbocycles. The van der Waals surface area contributed by atoms with Crippen molar-refractivity contribution in [1.82, 2.24) is 10.2 Å². The van der Waals surface area contributed by atoms with E-state index in [9.17, 15) is 9.90 Å². The van der Waals surface area contributed by atoms with E-state index in [2.05, 4.69) is 10.2 Å². The van der Waals surface area contributed by atoms with Crippen LogP contribution in [0, 0.1) is 12.8 Å². The van der Waals surface area contributed by atoms with Crippen molar-refractivity contribution >= 4 is 5.91 Å². The second-order valence-corrected chi connectivity index (χ2v) is 8.41. The fourth-order valence-corrected chi connectivity index (χ4v) is 4.42. The average Bonchev–Trinajstić information content (AvgIpc) is 3.09. The van der Waals surface area contributed by atoms with Crippen molar-refractivity contribution in [1.29, 1.82) is 0 Å². The summed E-state index contributed by atoms with van der Waals surface area (Å²) in [6.45, 7) is 6.84. The van der Waals surface area contributed by atoms with Gasteiger partial charge in [0.25, 0.3) is 5.91 Å². The Bertz CT molecular complexity index is 719. The largest absolute Gasteiger partial charge is 0.490 e. The average molecular weight is 405 g/mol. The van der Waals surface area contributed by atoms with Crippen molar-refractivity contribution in [3.63, 3.8) is 0 Å². The molecule has 0 radical (unpaired) electrons. The molecular weight excluding hydrogens is 372 g/mol. The number of aliphatic hydroxyl groups is 1. The monoisotopic (exact) mass is 404 g/mol. The van der Waals surface area contributed by atoms with Crippen LogP contribution >= 0.6 is 0 Å². The Labute approximate surface area is 172 Å². The molecule has 0 aliphatic carbocycles. The van der Waals surface area contributed by atoms with Crippen molar-refractivity contribution in [3.8, 4) is 11.5 Å². The third-order valence-electron chi connectivity index (χ3n) is 6.05. The molecule has 3 aliphatic heterocycles. The zero-order chi connectivity index (χ0) is 20.2. The predicted molar refractivity (Wildman–Crippen MR) is 109 cm³/mol. The number of benzene rings is 1. The van der Waals surface area contributed by atoms with Gasteiger partial charge < -0.3 is 24.6 Å². The van der Waals surface area contributed by atoms with Gasteiger partial charge in [0.05, 0.1) is 31.0 Å².